The van der Waals surface area contributed by atoms with Crippen molar-refractivity contribution >= 4 is 25.5 Å². The first kappa shape index (κ1) is 11.7. The van der Waals surface area contributed by atoms with Crippen LogP contribution in [0.15, 0.2) is 24.3 Å². The molecule has 80 valence electrons. The summed E-state index contributed by atoms with van der Waals surface area (Å²) in [5.41, 5.74) is 0.571. The second-order valence-corrected chi connectivity index (χ2v) is 3.92. The number of ether oxygens (including phenoxy) is 1. The third-order valence-electron chi connectivity index (χ3n) is 1.54. The van der Waals surface area contributed by atoms with E-state index in [-0.39, 0.29) is 14.6 Å². The highest BCUT2D eigenvalue weighted by molar-refractivity contribution is 7.34. The maximum atomic E-state index is 11.2. The Labute approximate surface area is 89.8 Å². The lowest BCUT2D eigenvalue weighted by atomic mass is 10.3. The zero-order chi connectivity index (χ0) is 11.3. The predicted octanol–water partition coefficient (Wildman–Crippen LogP) is 2.56. The highest BCUT2D eigenvalue weighted by Crippen LogP contribution is 2.08. The van der Waals surface area contributed by atoms with Crippen LogP contribution in [-0.4, -0.2) is 12.2 Å². The van der Waals surface area contributed by atoms with E-state index in [1.807, 2.05) is 0 Å². The van der Waals surface area contributed by atoms with Crippen LogP contribution in [0.2, 0.25) is 0 Å². The van der Waals surface area contributed by atoms with Crippen molar-refractivity contribution < 1.29 is 14.1 Å². The second kappa shape index (κ2) is 5.47. The first-order valence-electron chi connectivity index (χ1n) is 4.53. The Morgan fingerprint density at radius 1 is 1.47 bits per heavy atom. The topological polar surface area (TPSA) is 55.4 Å². The van der Waals surface area contributed by atoms with Crippen molar-refractivity contribution in [3.63, 3.8) is 0 Å². The molecular weight excluding hydrogens is 213 g/mol. The van der Waals surface area contributed by atoms with Crippen molar-refractivity contribution in [3.8, 4) is 0 Å². The second-order valence-electron chi connectivity index (χ2n) is 3.22. The summed E-state index contributed by atoms with van der Waals surface area (Å²) in [6.07, 6.45) is -0.671. The quantitative estimate of drug-likeness (QED) is 0.804. The molecule has 1 rings (SSSR count). The molecule has 5 heteroatoms. The lowest BCUT2D eigenvalue weighted by molar-refractivity contribution is 0.130. The molecule has 4 nitrogen and oxygen atoms in total. The van der Waals surface area contributed by atoms with Gasteiger partial charge in [-0.2, -0.15) is 0 Å². The molecule has 0 unspecified atom stereocenters. The van der Waals surface area contributed by atoms with E-state index in [4.69, 9.17) is 4.74 Å². The normalized spacial score (nSPS) is 10.3. The Balaban J connectivity index is 2.64. The van der Waals surface area contributed by atoms with Gasteiger partial charge < -0.3 is 4.74 Å². The summed E-state index contributed by atoms with van der Waals surface area (Å²) in [5.74, 6) is 0. The lowest BCUT2D eigenvalue weighted by Crippen LogP contribution is -2.18. The van der Waals surface area contributed by atoms with Crippen LogP contribution in [0.3, 0.4) is 0 Å². The van der Waals surface area contributed by atoms with Crippen molar-refractivity contribution in [2.75, 3.05) is 5.32 Å². The molecule has 0 heterocycles. The van der Waals surface area contributed by atoms with Crippen LogP contribution in [0, 0.1) is 0 Å². The fourth-order valence-corrected chi connectivity index (χ4v) is 1.34. The first-order chi connectivity index (χ1) is 7.11. The van der Waals surface area contributed by atoms with E-state index in [1.54, 1.807) is 38.1 Å². The Morgan fingerprint density at radius 3 is 2.80 bits per heavy atom. The smallest absolute Gasteiger partial charge is 0.411 e. The number of benzene rings is 1. The van der Waals surface area contributed by atoms with Gasteiger partial charge in [-0.1, -0.05) is 6.07 Å². The molecule has 0 bridgehead atoms. The summed E-state index contributed by atoms with van der Waals surface area (Å²) in [7, 11) is -0.0706. The summed E-state index contributed by atoms with van der Waals surface area (Å²) < 4.78 is 15.5. The molecule has 0 aliphatic heterocycles. The molecule has 1 amide bonds. The van der Waals surface area contributed by atoms with Gasteiger partial charge in [0, 0.05) is 11.0 Å². The standard InChI is InChI=1S/C10H12NO3P/c1-7(2)14-10(12)11-8-4-3-5-9(6-8)15-13/h3-7H,1-2H3,(H,11,12). The van der Waals surface area contributed by atoms with Gasteiger partial charge >= 0.3 is 6.09 Å². The molecular formula is C10H12NO3P. The van der Waals surface area contributed by atoms with Gasteiger partial charge in [0.15, 0.2) is 8.46 Å². The van der Waals surface area contributed by atoms with Crippen LogP contribution >= 0.6 is 8.46 Å². The molecule has 0 fully saturated rings. The molecule has 0 saturated heterocycles. The van der Waals surface area contributed by atoms with Crippen molar-refractivity contribution in [3.05, 3.63) is 24.3 Å². The molecule has 15 heavy (non-hydrogen) atoms. The maximum Gasteiger partial charge on any atom is 0.411 e. The number of anilines is 1. The molecule has 0 radical (unpaired) electrons. The van der Waals surface area contributed by atoms with Crippen LogP contribution in [0.25, 0.3) is 0 Å². The summed E-state index contributed by atoms with van der Waals surface area (Å²) in [4.78, 5) is 11.2. The minimum absolute atomic E-state index is 0.0706. The monoisotopic (exact) mass is 225 g/mol. The molecule has 0 aliphatic carbocycles. The van der Waals surface area contributed by atoms with E-state index in [0.29, 0.717) is 11.0 Å². The van der Waals surface area contributed by atoms with Gasteiger partial charge in [0.05, 0.1) is 6.10 Å². The molecule has 0 saturated carbocycles. The third kappa shape index (κ3) is 4.09. The number of carbonyl (C=O) groups is 1. The predicted molar refractivity (Wildman–Crippen MR) is 58.9 cm³/mol. The van der Waals surface area contributed by atoms with Crippen molar-refractivity contribution in [1.82, 2.24) is 0 Å². The minimum Gasteiger partial charge on any atom is -0.447 e. The van der Waals surface area contributed by atoms with E-state index in [9.17, 15) is 9.36 Å². The Hall–Kier alpha value is -1.41. The summed E-state index contributed by atoms with van der Waals surface area (Å²) in [5, 5.41) is 3.15. The summed E-state index contributed by atoms with van der Waals surface area (Å²) in [6.45, 7) is 3.54. The average molecular weight is 225 g/mol. The Bertz CT molecular complexity index is 365. The van der Waals surface area contributed by atoms with Gasteiger partial charge in [0.1, 0.15) is 0 Å². The highest BCUT2D eigenvalue weighted by atomic mass is 31.1. The maximum absolute atomic E-state index is 11.2. The molecule has 1 aromatic carbocycles. The zero-order valence-electron chi connectivity index (χ0n) is 8.56. The van der Waals surface area contributed by atoms with Crippen molar-refractivity contribution in [2.45, 2.75) is 20.0 Å². The summed E-state index contributed by atoms with van der Waals surface area (Å²) >= 11 is 0. The lowest BCUT2D eigenvalue weighted by Gasteiger charge is -2.09. The van der Waals surface area contributed by atoms with E-state index in [0.717, 1.165) is 0 Å². The molecule has 1 aromatic rings. The minimum atomic E-state index is -0.510. The van der Waals surface area contributed by atoms with Gasteiger partial charge in [-0.15, -0.1) is 0 Å². The van der Waals surface area contributed by atoms with Gasteiger partial charge in [0.25, 0.3) is 0 Å². The number of nitrogens with one attached hydrogen (secondary N) is 1. The van der Waals surface area contributed by atoms with Gasteiger partial charge in [-0.3, -0.25) is 9.88 Å². The zero-order valence-corrected chi connectivity index (χ0v) is 9.45. The van der Waals surface area contributed by atoms with E-state index in [1.165, 1.54) is 0 Å². The number of hydrogen-bond donors (Lipinski definition) is 1. The summed E-state index contributed by atoms with van der Waals surface area (Å²) in [6, 6.07) is 6.74. The van der Waals surface area contributed by atoms with Crippen LogP contribution in [0.4, 0.5) is 10.5 Å². The third-order valence-corrected chi connectivity index (χ3v) is 2.03. The molecule has 0 atom stereocenters. The SMILES string of the molecule is CC(C)OC(=O)Nc1cccc(P=O)c1. The van der Waals surface area contributed by atoms with Crippen LogP contribution in [0.1, 0.15) is 13.8 Å². The fraction of sp³-hybridized carbons (Fsp3) is 0.300. The van der Waals surface area contributed by atoms with Crippen LogP contribution in [0.5, 0.6) is 0 Å². The molecule has 1 N–H and O–H groups in total. The van der Waals surface area contributed by atoms with Crippen LogP contribution in [-0.2, 0) is 9.30 Å². The number of hydrogen-bond acceptors (Lipinski definition) is 3. The van der Waals surface area contributed by atoms with E-state index >= 15 is 0 Å². The van der Waals surface area contributed by atoms with E-state index < -0.39 is 6.09 Å². The van der Waals surface area contributed by atoms with Gasteiger partial charge in [-0.25, -0.2) is 4.79 Å². The number of rotatable bonds is 3. The molecule has 0 aromatic heterocycles. The molecule has 0 aliphatic rings. The first-order valence-corrected chi connectivity index (χ1v) is 5.34. The Kier molecular flexibility index (Phi) is 4.25. The van der Waals surface area contributed by atoms with Crippen molar-refractivity contribution in [2.24, 2.45) is 0 Å². The van der Waals surface area contributed by atoms with Gasteiger partial charge in [-0.05, 0) is 32.0 Å². The fourth-order valence-electron chi connectivity index (χ4n) is 1.00. The highest BCUT2D eigenvalue weighted by Gasteiger charge is 2.05. The molecule has 0 spiro atoms. The van der Waals surface area contributed by atoms with Crippen LogP contribution < -0.4 is 10.6 Å². The van der Waals surface area contributed by atoms with Crippen molar-refractivity contribution in [1.29, 1.82) is 0 Å². The van der Waals surface area contributed by atoms with E-state index in [2.05, 4.69) is 5.32 Å². The number of carbonyl (C=O) groups excluding carboxylic acids is 1. The van der Waals surface area contributed by atoms with Gasteiger partial charge in [0.2, 0.25) is 0 Å². The Morgan fingerprint density at radius 2 is 2.20 bits per heavy atom. The average Bonchev–Trinajstić information content (AvgIpc) is 2.16. The number of amides is 1. The largest absolute Gasteiger partial charge is 0.447 e.